The number of benzene rings is 2. The zero-order chi connectivity index (χ0) is 30.9. The third-order valence-electron chi connectivity index (χ3n) is 8.56. The van der Waals surface area contributed by atoms with E-state index in [2.05, 4.69) is 52.4 Å². The predicted molar refractivity (Wildman–Crippen MR) is 177 cm³/mol. The normalized spacial score (nSPS) is 16.0. The van der Waals surface area contributed by atoms with Crippen molar-refractivity contribution in [1.29, 1.82) is 0 Å². The fourth-order valence-corrected chi connectivity index (χ4v) is 6.22. The predicted octanol–water partition coefficient (Wildman–Crippen LogP) is 6.46. The minimum Gasteiger partial charge on any atom is -0.384 e. The van der Waals surface area contributed by atoms with Crippen molar-refractivity contribution in [2.45, 2.75) is 31.8 Å². The van der Waals surface area contributed by atoms with E-state index in [0.29, 0.717) is 12.2 Å². The van der Waals surface area contributed by atoms with Crippen LogP contribution >= 0.6 is 0 Å². The molecule has 0 radical (unpaired) electrons. The number of H-pyrrole nitrogens is 1. The summed E-state index contributed by atoms with van der Waals surface area (Å²) < 4.78 is 14.7. The number of carbonyl (C=O) groups is 1. The number of aromatic amines is 1. The maximum Gasteiger partial charge on any atom is 0.227 e. The fourth-order valence-electron chi connectivity index (χ4n) is 6.22. The number of likely N-dealkylation sites (N-methyl/N-ethyl adjacent to an activating group) is 1. The molecule has 1 amide bonds. The molecule has 5 aromatic rings. The first-order valence-corrected chi connectivity index (χ1v) is 15.4. The minimum atomic E-state index is -0.339. The van der Waals surface area contributed by atoms with Gasteiger partial charge in [0.1, 0.15) is 17.7 Å². The summed E-state index contributed by atoms with van der Waals surface area (Å²) in [6.07, 6.45) is 10.8. The van der Waals surface area contributed by atoms with Gasteiger partial charge in [-0.1, -0.05) is 18.9 Å². The van der Waals surface area contributed by atoms with Gasteiger partial charge in [-0.2, -0.15) is 5.10 Å². The van der Waals surface area contributed by atoms with Crippen LogP contribution in [0.25, 0.3) is 33.2 Å². The Balaban J connectivity index is 1.14. The number of pyridine rings is 2. The molecule has 3 aromatic heterocycles. The van der Waals surface area contributed by atoms with Crippen molar-refractivity contribution in [3.8, 4) is 22.3 Å². The van der Waals surface area contributed by atoms with Crippen molar-refractivity contribution in [2.24, 2.45) is 5.92 Å². The molecule has 1 saturated carbocycles. The van der Waals surface area contributed by atoms with E-state index in [4.69, 9.17) is 0 Å². The number of hydrogen-bond donors (Lipinski definition) is 5. The van der Waals surface area contributed by atoms with Crippen molar-refractivity contribution in [2.75, 3.05) is 48.5 Å². The Morgan fingerprint density at radius 1 is 0.933 bits per heavy atom. The van der Waals surface area contributed by atoms with E-state index in [9.17, 15) is 9.18 Å². The summed E-state index contributed by atoms with van der Waals surface area (Å²) >= 11 is 0. The molecule has 1 aliphatic carbocycles. The van der Waals surface area contributed by atoms with Gasteiger partial charge in [0.05, 0.1) is 35.0 Å². The Kier molecular flexibility index (Phi) is 7.76. The summed E-state index contributed by atoms with van der Waals surface area (Å²) in [5.41, 5.74) is 8.12. The zero-order valence-electron chi connectivity index (χ0n) is 25.3. The molecule has 2 aliphatic rings. The zero-order valence-corrected chi connectivity index (χ0v) is 25.3. The average Bonchev–Trinajstić information content (AvgIpc) is 3.80. The second-order valence-electron chi connectivity index (χ2n) is 12.1. The van der Waals surface area contributed by atoms with Gasteiger partial charge in [-0.05, 0) is 74.5 Å². The third-order valence-corrected chi connectivity index (χ3v) is 8.56. The maximum atomic E-state index is 14.7. The lowest BCUT2D eigenvalue weighted by atomic mass is 10.0. The molecule has 1 aliphatic heterocycles. The van der Waals surface area contributed by atoms with Crippen molar-refractivity contribution in [3.05, 3.63) is 78.8 Å². The van der Waals surface area contributed by atoms with E-state index in [-0.39, 0.29) is 23.8 Å². The molecule has 11 heteroatoms. The van der Waals surface area contributed by atoms with Crippen LogP contribution in [0, 0.1) is 11.7 Å². The molecule has 230 valence electrons. The molecule has 45 heavy (non-hydrogen) atoms. The maximum absolute atomic E-state index is 14.7. The minimum absolute atomic E-state index is 0.0703. The standard InChI is InChI=1S/C34H36FN9O/c1-44(2)10-9-38-25-12-22(11-24(35)15-25)28-18-37-19-30-31(28)41-33(40-30)32-27-14-21(7-8-29(27)42-43-32)23-13-26(17-36-16-23)39-34(45)20-5-3-4-6-20/h7-8,11-20,33,38,40-41H,3-6,9-10H2,1-2H3,(H,39,45)(H,42,43). The SMILES string of the molecule is CN(C)CCNc1cc(F)cc(-c2cncc3c2NC(c2n[nH]c4ccc(-c5cncc(NC(=O)C6CCCC6)c5)cc24)N3)c1. The lowest BCUT2D eigenvalue weighted by Gasteiger charge is -2.14. The quantitative estimate of drug-likeness (QED) is 0.130. The molecule has 0 spiro atoms. The van der Waals surface area contributed by atoms with Crippen LogP contribution in [0.5, 0.6) is 0 Å². The number of aromatic nitrogens is 4. The average molecular weight is 606 g/mol. The fraction of sp³-hybridized carbons (Fsp3) is 0.294. The van der Waals surface area contributed by atoms with E-state index in [1.807, 2.05) is 38.4 Å². The van der Waals surface area contributed by atoms with E-state index in [0.717, 1.165) is 88.1 Å². The third kappa shape index (κ3) is 6.03. The summed E-state index contributed by atoms with van der Waals surface area (Å²) in [5.74, 6) is -0.166. The van der Waals surface area contributed by atoms with Crippen molar-refractivity contribution >= 4 is 39.6 Å². The molecule has 7 rings (SSSR count). The van der Waals surface area contributed by atoms with Gasteiger partial charge in [0.25, 0.3) is 0 Å². The highest BCUT2D eigenvalue weighted by Gasteiger charge is 2.28. The number of carbonyl (C=O) groups excluding carboxylic acids is 1. The van der Waals surface area contributed by atoms with Crippen molar-refractivity contribution in [3.63, 3.8) is 0 Å². The molecule has 5 N–H and O–H groups in total. The van der Waals surface area contributed by atoms with Gasteiger partial charge in [-0.15, -0.1) is 0 Å². The van der Waals surface area contributed by atoms with Crippen LogP contribution in [-0.4, -0.2) is 58.2 Å². The largest absolute Gasteiger partial charge is 0.384 e. The first kappa shape index (κ1) is 28.7. The lowest BCUT2D eigenvalue weighted by molar-refractivity contribution is -0.119. The van der Waals surface area contributed by atoms with E-state index in [1.165, 1.54) is 12.1 Å². The number of halogens is 1. The number of amides is 1. The van der Waals surface area contributed by atoms with Crippen LogP contribution in [-0.2, 0) is 4.79 Å². The molecule has 1 unspecified atom stereocenters. The second-order valence-corrected chi connectivity index (χ2v) is 12.1. The smallest absolute Gasteiger partial charge is 0.227 e. The van der Waals surface area contributed by atoms with Crippen LogP contribution in [0.4, 0.5) is 27.1 Å². The summed E-state index contributed by atoms with van der Waals surface area (Å²) in [4.78, 5) is 23.6. The molecule has 4 heterocycles. The van der Waals surface area contributed by atoms with Gasteiger partial charge in [-0.25, -0.2) is 4.39 Å². The molecule has 2 aromatic carbocycles. The van der Waals surface area contributed by atoms with Crippen LogP contribution in [0.3, 0.4) is 0 Å². The Labute approximate surface area is 260 Å². The van der Waals surface area contributed by atoms with Crippen LogP contribution in [0.2, 0.25) is 0 Å². The first-order chi connectivity index (χ1) is 21.9. The molecule has 10 nitrogen and oxygen atoms in total. The van der Waals surface area contributed by atoms with Crippen molar-refractivity contribution in [1.82, 2.24) is 25.1 Å². The topological polar surface area (TPSA) is 123 Å². The number of fused-ring (bicyclic) bond motifs is 2. The Morgan fingerprint density at radius 2 is 1.76 bits per heavy atom. The molecule has 1 fully saturated rings. The molecule has 0 saturated heterocycles. The van der Waals surface area contributed by atoms with Gasteiger partial charge in [0.2, 0.25) is 5.91 Å². The van der Waals surface area contributed by atoms with E-state index < -0.39 is 0 Å². The second kappa shape index (κ2) is 12.2. The number of nitrogens with one attached hydrogen (secondary N) is 5. The highest BCUT2D eigenvalue weighted by atomic mass is 19.1. The molecular formula is C34H36FN9O. The molecule has 1 atom stereocenters. The van der Waals surface area contributed by atoms with Crippen molar-refractivity contribution < 1.29 is 9.18 Å². The Morgan fingerprint density at radius 3 is 2.60 bits per heavy atom. The highest BCUT2D eigenvalue weighted by molar-refractivity contribution is 5.95. The molecule has 0 bridgehead atoms. The summed E-state index contributed by atoms with van der Waals surface area (Å²) in [5, 5.41) is 22.2. The first-order valence-electron chi connectivity index (χ1n) is 15.4. The number of nitrogens with zero attached hydrogens (tertiary/aromatic N) is 4. The van der Waals surface area contributed by atoms with E-state index in [1.54, 1.807) is 24.8 Å². The summed E-state index contributed by atoms with van der Waals surface area (Å²) in [6.45, 7) is 1.53. The van der Waals surface area contributed by atoms with Crippen LogP contribution in [0.1, 0.15) is 37.5 Å². The van der Waals surface area contributed by atoms with Gasteiger partial charge >= 0.3 is 0 Å². The number of hydrogen-bond acceptors (Lipinski definition) is 8. The number of anilines is 4. The highest BCUT2D eigenvalue weighted by Crippen LogP contribution is 2.43. The summed E-state index contributed by atoms with van der Waals surface area (Å²) in [7, 11) is 4.01. The van der Waals surface area contributed by atoms with E-state index >= 15 is 0 Å². The summed E-state index contributed by atoms with van der Waals surface area (Å²) in [6, 6.07) is 13.0. The number of rotatable bonds is 9. The molecular weight excluding hydrogens is 569 g/mol. The van der Waals surface area contributed by atoms with Gasteiger partial charge < -0.3 is 26.2 Å². The van der Waals surface area contributed by atoms with Gasteiger partial charge in [0, 0.05) is 53.6 Å². The lowest BCUT2D eigenvalue weighted by Crippen LogP contribution is -2.20. The van der Waals surface area contributed by atoms with Crippen LogP contribution < -0.4 is 21.3 Å². The van der Waals surface area contributed by atoms with Gasteiger partial charge in [-0.3, -0.25) is 19.9 Å². The monoisotopic (exact) mass is 605 g/mol. The van der Waals surface area contributed by atoms with Crippen LogP contribution in [0.15, 0.2) is 67.3 Å². The Bertz CT molecular complexity index is 1860. The van der Waals surface area contributed by atoms with Gasteiger partial charge in [0.15, 0.2) is 0 Å². The Hall–Kier alpha value is -5.03.